The lowest BCUT2D eigenvalue weighted by atomic mass is 9.95. The van der Waals surface area contributed by atoms with E-state index in [2.05, 4.69) is 13.5 Å². The highest BCUT2D eigenvalue weighted by molar-refractivity contribution is 5.62. The van der Waals surface area contributed by atoms with Crippen LogP contribution in [0, 0.1) is 5.82 Å². The van der Waals surface area contributed by atoms with E-state index < -0.39 is 0 Å². The number of hydrogen-bond donors (Lipinski definition) is 0. The number of rotatable bonds is 2. The van der Waals surface area contributed by atoms with Crippen molar-refractivity contribution in [2.75, 3.05) is 0 Å². The third kappa shape index (κ3) is 1.47. The van der Waals surface area contributed by atoms with Crippen molar-refractivity contribution in [3.8, 4) is 0 Å². The summed E-state index contributed by atoms with van der Waals surface area (Å²) in [6, 6.07) is 5.54. The van der Waals surface area contributed by atoms with Crippen molar-refractivity contribution in [1.29, 1.82) is 0 Å². The third-order valence-electron chi connectivity index (χ3n) is 3.13. The first-order valence-electron chi connectivity index (χ1n) is 4.99. The van der Waals surface area contributed by atoms with Gasteiger partial charge in [-0.05, 0) is 42.4 Å². The molecule has 0 N–H and O–H groups in total. The molecule has 1 aromatic carbocycles. The van der Waals surface area contributed by atoms with Gasteiger partial charge in [-0.3, -0.25) is 0 Å². The fourth-order valence-corrected chi connectivity index (χ4v) is 1.71. The molecule has 1 fully saturated rings. The largest absolute Gasteiger partial charge is 0.206 e. The fourth-order valence-electron chi connectivity index (χ4n) is 1.71. The van der Waals surface area contributed by atoms with Crippen molar-refractivity contribution in [3.63, 3.8) is 0 Å². The van der Waals surface area contributed by atoms with Crippen LogP contribution in [0.3, 0.4) is 0 Å². The molecule has 0 heterocycles. The number of hydrogen-bond acceptors (Lipinski definition) is 0. The minimum Gasteiger partial charge on any atom is -0.206 e. The molecule has 1 heteroatoms. The van der Waals surface area contributed by atoms with E-state index in [0.717, 1.165) is 11.1 Å². The van der Waals surface area contributed by atoms with Gasteiger partial charge in [-0.25, -0.2) is 4.39 Å². The molecule has 0 amide bonds. The summed E-state index contributed by atoms with van der Waals surface area (Å²) in [5.41, 5.74) is 2.79. The monoisotopic (exact) mass is 190 g/mol. The molecular weight excluding hydrogens is 175 g/mol. The maximum atomic E-state index is 13.6. The summed E-state index contributed by atoms with van der Waals surface area (Å²) in [6.07, 6.45) is 2.36. The second kappa shape index (κ2) is 2.94. The molecule has 0 atom stereocenters. The Labute approximate surface area is 84.5 Å². The number of allylic oxidation sites excluding steroid dienone is 1. The van der Waals surface area contributed by atoms with E-state index in [-0.39, 0.29) is 11.2 Å². The van der Waals surface area contributed by atoms with E-state index in [1.807, 2.05) is 19.1 Å². The smallest absolute Gasteiger partial charge is 0.130 e. The first-order chi connectivity index (χ1) is 6.53. The van der Waals surface area contributed by atoms with Gasteiger partial charge in [0.15, 0.2) is 0 Å². The molecule has 2 rings (SSSR count). The van der Waals surface area contributed by atoms with Gasteiger partial charge in [0.1, 0.15) is 5.82 Å². The highest BCUT2D eigenvalue weighted by atomic mass is 19.1. The molecule has 1 aromatic rings. The first kappa shape index (κ1) is 9.45. The van der Waals surface area contributed by atoms with E-state index in [4.69, 9.17) is 0 Å². The summed E-state index contributed by atoms with van der Waals surface area (Å²) in [5, 5.41) is 0. The van der Waals surface area contributed by atoms with E-state index in [1.54, 1.807) is 6.07 Å². The molecule has 0 saturated heterocycles. The van der Waals surface area contributed by atoms with Gasteiger partial charge in [0.05, 0.1) is 0 Å². The molecule has 0 spiro atoms. The van der Waals surface area contributed by atoms with Crippen LogP contribution in [-0.2, 0) is 5.41 Å². The molecule has 0 radical (unpaired) electrons. The van der Waals surface area contributed by atoms with Crippen LogP contribution in [0.4, 0.5) is 4.39 Å². The lowest BCUT2D eigenvalue weighted by Gasteiger charge is -2.10. The predicted molar refractivity (Wildman–Crippen MR) is 57.7 cm³/mol. The molecule has 74 valence electrons. The summed E-state index contributed by atoms with van der Waals surface area (Å²) in [5.74, 6) is -0.136. The average molecular weight is 190 g/mol. The summed E-state index contributed by atoms with van der Waals surface area (Å²) >= 11 is 0. The van der Waals surface area contributed by atoms with E-state index in [9.17, 15) is 4.39 Å². The standard InChI is InChI=1S/C13H15F/c1-9(2)11-5-4-10(8-12(11)14)13(3)6-7-13/h4-5,8H,1,6-7H2,2-3H3. The summed E-state index contributed by atoms with van der Waals surface area (Å²) in [7, 11) is 0. The Morgan fingerprint density at radius 1 is 1.43 bits per heavy atom. The van der Waals surface area contributed by atoms with E-state index >= 15 is 0 Å². The first-order valence-corrected chi connectivity index (χ1v) is 4.99. The molecule has 1 aliphatic rings. The van der Waals surface area contributed by atoms with Crippen LogP contribution >= 0.6 is 0 Å². The Morgan fingerprint density at radius 2 is 2.07 bits per heavy atom. The number of halogens is 1. The van der Waals surface area contributed by atoms with E-state index in [1.165, 1.54) is 12.8 Å². The Hall–Kier alpha value is -1.11. The van der Waals surface area contributed by atoms with Gasteiger partial charge in [-0.1, -0.05) is 25.6 Å². The molecule has 1 saturated carbocycles. The second-order valence-corrected chi connectivity index (χ2v) is 4.54. The summed E-state index contributed by atoms with van der Waals surface area (Å²) < 4.78 is 13.6. The lowest BCUT2D eigenvalue weighted by molar-refractivity contribution is 0.617. The van der Waals surface area contributed by atoms with Crippen LogP contribution in [0.1, 0.15) is 37.8 Å². The molecule has 0 unspecified atom stereocenters. The van der Waals surface area contributed by atoms with Crippen LogP contribution in [0.25, 0.3) is 5.57 Å². The topological polar surface area (TPSA) is 0 Å². The Kier molecular flexibility index (Phi) is 1.99. The maximum Gasteiger partial charge on any atom is 0.130 e. The Morgan fingerprint density at radius 3 is 2.50 bits per heavy atom. The third-order valence-corrected chi connectivity index (χ3v) is 3.13. The van der Waals surface area contributed by atoms with Gasteiger partial charge < -0.3 is 0 Å². The van der Waals surface area contributed by atoms with Crippen LogP contribution in [0.2, 0.25) is 0 Å². The van der Waals surface area contributed by atoms with Crippen LogP contribution in [-0.4, -0.2) is 0 Å². The molecular formula is C13H15F. The summed E-state index contributed by atoms with van der Waals surface area (Å²) in [6.45, 7) is 7.77. The van der Waals surface area contributed by atoms with Crippen LogP contribution < -0.4 is 0 Å². The highest BCUT2D eigenvalue weighted by Crippen LogP contribution is 2.47. The SMILES string of the molecule is C=C(C)c1ccc(C2(C)CC2)cc1F. The van der Waals surface area contributed by atoms with Crippen LogP contribution in [0.15, 0.2) is 24.8 Å². The highest BCUT2D eigenvalue weighted by Gasteiger charge is 2.39. The van der Waals surface area contributed by atoms with Crippen molar-refractivity contribution in [1.82, 2.24) is 0 Å². The van der Waals surface area contributed by atoms with Gasteiger partial charge in [0.25, 0.3) is 0 Å². The van der Waals surface area contributed by atoms with Crippen molar-refractivity contribution < 1.29 is 4.39 Å². The second-order valence-electron chi connectivity index (χ2n) is 4.54. The molecule has 1 aliphatic carbocycles. The summed E-state index contributed by atoms with van der Waals surface area (Å²) in [4.78, 5) is 0. The minimum atomic E-state index is -0.136. The molecule has 0 aliphatic heterocycles. The van der Waals surface area contributed by atoms with Crippen molar-refractivity contribution >= 4 is 5.57 Å². The minimum absolute atomic E-state index is 0.136. The van der Waals surface area contributed by atoms with Crippen molar-refractivity contribution in [2.24, 2.45) is 0 Å². The molecule has 14 heavy (non-hydrogen) atoms. The van der Waals surface area contributed by atoms with Gasteiger partial charge in [-0.2, -0.15) is 0 Å². The van der Waals surface area contributed by atoms with Gasteiger partial charge >= 0.3 is 0 Å². The average Bonchev–Trinajstić information content (AvgIpc) is 2.84. The van der Waals surface area contributed by atoms with Crippen molar-refractivity contribution in [3.05, 3.63) is 41.7 Å². The maximum absolute atomic E-state index is 13.6. The zero-order valence-electron chi connectivity index (χ0n) is 8.73. The fraction of sp³-hybridized carbons (Fsp3) is 0.385. The zero-order chi connectivity index (χ0) is 10.3. The van der Waals surface area contributed by atoms with Crippen molar-refractivity contribution in [2.45, 2.75) is 32.1 Å². The Bertz CT molecular complexity index is 386. The molecule has 0 bridgehead atoms. The van der Waals surface area contributed by atoms with Gasteiger partial charge in [-0.15, -0.1) is 0 Å². The van der Waals surface area contributed by atoms with Gasteiger partial charge in [0.2, 0.25) is 0 Å². The zero-order valence-corrected chi connectivity index (χ0v) is 8.73. The van der Waals surface area contributed by atoms with E-state index in [0.29, 0.717) is 5.56 Å². The Balaban J connectivity index is 2.40. The number of benzene rings is 1. The molecule has 0 nitrogen and oxygen atoms in total. The predicted octanol–water partition coefficient (Wildman–Crippen LogP) is 3.91. The quantitative estimate of drug-likeness (QED) is 0.663. The van der Waals surface area contributed by atoms with Gasteiger partial charge in [0, 0.05) is 5.56 Å². The van der Waals surface area contributed by atoms with Crippen LogP contribution in [0.5, 0.6) is 0 Å². The lowest BCUT2D eigenvalue weighted by Crippen LogP contribution is -2.01. The normalized spacial score (nSPS) is 17.9. The molecule has 0 aromatic heterocycles.